The summed E-state index contributed by atoms with van der Waals surface area (Å²) in [5.74, 6) is 8.93. The molecule has 0 amide bonds. The van der Waals surface area contributed by atoms with Gasteiger partial charge < -0.3 is 10.6 Å². The molecule has 1 aromatic heterocycles. The first-order chi connectivity index (χ1) is 61.5. The highest BCUT2D eigenvalue weighted by Crippen LogP contribution is 2.45. The van der Waals surface area contributed by atoms with Crippen molar-refractivity contribution in [3.05, 3.63) is 54.1 Å². The number of hydrogen-bond donors (Lipinski definition) is 2. The first-order valence-electron chi connectivity index (χ1n) is 55.0. The third kappa shape index (κ3) is 65.1. The van der Waals surface area contributed by atoms with E-state index in [1.165, 1.54) is 547 Å². The Labute approximate surface area is 798 Å². The van der Waals surface area contributed by atoms with E-state index in [9.17, 15) is 0 Å². The highest BCUT2D eigenvalue weighted by molar-refractivity contribution is 8.04. The van der Waals surface area contributed by atoms with Gasteiger partial charge in [0.2, 0.25) is 11.9 Å². The lowest BCUT2D eigenvalue weighted by molar-refractivity contribution is 0.543. The third-order valence-corrected chi connectivity index (χ3v) is 33.3. The fraction of sp³-hybridized carbons (Fsp3) is 0.814. The smallest absolute Gasteiger partial charge is 0.232 e. The van der Waals surface area contributed by atoms with Crippen LogP contribution in [0.15, 0.2) is 77.9 Å². The number of aromatic nitrogens is 3. The Morgan fingerprint density at radius 2 is 0.363 bits per heavy atom. The Hall–Kier alpha value is -1.63. The Morgan fingerprint density at radius 3 is 0.540 bits per heavy atom. The van der Waals surface area contributed by atoms with Gasteiger partial charge in [-0.05, 0) is 109 Å². The van der Waals surface area contributed by atoms with E-state index in [-0.39, 0.29) is 0 Å². The maximum absolute atomic E-state index is 5.47. The molecule has 11 heteroatoms. The molecule has 124 heavy (non-hydrogen) atoms. The van der Waals surface area contributed by atoms with Crippen molar-refractivity contribution in [1.82, 2.24) is 15.0 Å². The molecule has 0 bridgehead atoms. The summed E-state index contributed by atoms with van der Waals surface area (Å²) in [7, 11) is 0. The van der Waals surface area contributed by atoms with Crippen molar-refractivity contribution in [2.24, 2.45) is 0 Å². The van der Waals surface area contributed by atoms with E-state index >= 15 is 0 Å². The van der Waals surface area contributed by atoms with Crippen LogP contribution in [0.5, 0.6) is 0 Å². The van der Waals surface area contributed by atoms with Gasteiger partial charge in [-0.1, -0.05) is 535 Å². The fourth-order valence-electron chi connectivity index (χ4n) is 17.6. The summed E-state index contributed by atoms with van der Waals surface area (Å²) in [6.45, 7) is 16.2. The van der Waals surface area contributed by atoms with Gasteiger partial charge in [0, 0.05) is 46.3 Å². The van der Waals surface area contributed by atoms with Crippen LogP contribution in [-0.2, 0) is 6.42 Å². The molecular formula is C113H201N5S6. The number of unbranched alkanes of at least 4 members (excludes halogenated alkanes) is 72. The van der Waals surface area contributed by atoms with Crippen LogP contribution in [0.1, 0.15) is 555 Å². The SMILES string of the molecule is CCCCCCCCCCCCCCCSc1cc(Nc2nc(Nc3cc(SCCCCCCCCCCCCCCC)c(SCCCCCCCCCCCCCCC)c(SCCCCCCCCCCCCCCC)c3)nc(-c3ccc(CC)cc3)n2)cc(SCCCCCCCCCCCCCCC)c1SCCCCCCCCCCCCCCC. The summed E-state index contributed by atoms with van der Waals surface area (Å²) in [5.41, 5.74) is 4.55. The molecule has 0 radical (unpaired) electrons. The Balaban J connectivity index is 1.71. The minimum Gasteiger partial charge on any atom is -0.324 e. The van der Waals surface area contributed by atoms with Gasteiger partial charge in [0.05, 0.1) is 0 Å². The molecule has 3 aromatic carbocycles. The molecule has 0 atom stereocenters. The minimum atomic E-state index is 0.610. The zero-order chi connectivity index (χ0) is 88.0. The van der Waals surface area contributed by atoms with Gasteiger partial charge in [-0.3, -0.25) is 0 Å². The lowest BCUT2D eigenvalue weighted by atomic mass is 10.1. The Bertz CT molecular complexity index is 2670. The van der Waals surface area contributed by atoms with Gasteiger partial charge in [-0.2, -0.15) is 15.0 Å². The molecule has 5 nitrogen and oxygen atoms in total. The van der Waals surface area contributed by atoms with Crippen LogP contribution in [0.2, 0.25) is 0 Å². The first kappa shape index (κ1) is 115. The van der Waals surface area contributed by atoms with E-state index in [0.29, 0.717) is 17.7 Å². The quantitative estimate of drug-likeness (QED) is 0.0328. The van der Waals surface area contributed by atoms with Gasteiger partial charge in [0.15, 0.2) is 5.82 Å². The average Bonchev–Trinajstić information content (AvgIpc) is 0.774. The van der Waals surface area contributed by atoms with Crippen molar-refractivity contribution in [2.75, 3.05) is 45.2 Å². The molecule has 0 aliphatic carbocycles. The van der Waals surface area contributed by atoms with Crippen molar-refractivity contribution < 1.29 is 0 Å². The van der Waals surface area contributed by atoms with Gasteiger partial charge in [-0.15, -0.1) is 70.6 Å². The van der Waals surface area contributed by atoms with E-state index in [1.54, 1.807) is 0 Å². The third-order valence-electron chi connectivity index (χ3n) is 25.8. The fourth-order valence-corrected chi connectivity index (χ4v) is 25.1. The molecule has 4 rings (SSSR count). The Kier molecular flexibility index (Phi) is 81.4. The number of rotatable bonds is 96. The number of nitrogens with one attached hydrogen (secondary N) is 2. The molecule has 0 saturated carbocycles. The van der Waals surface area contributed by atoms with Gasteiger partial charge >= 0.3 is 0 Å². The second-order valence-electron chi connectivity index (χ2n) is 37.8. The van der Waals surface area contributed by atoms with Crippen LogP contribution >= 0.6 is 70.6 Å². The van der Waals surface area contributed by atoms with Gasteiger partial charge in [0.1, 0.15) is 0 Å². The maximum Gasteiger partial charge on any atom is 0.232 e. The molecule has 1 heterocycles. The summed E-state index contributed by atoms with van der Waals surface area (Å²) in [6.07, 6.45) is 110. The second-order valence-corrected chi connectivity index (χ2v) is 44.5. The summed E-state index contributed by atoms with van der Waals surface area (Å²) < 4.78 is 0. The van der Waals surface area contributed by atoms with Gasteiger partial charge in [-0.25, -0.2) is 0 Å². The molecule has 0 unspecified atom stereocenters. The number of benzene rings is 3. The standard InChI is InChI=1S/C113H201N5S6/c1-8-15-21-27-33-39-45-51-57-63-69-75-81-91-119-105-97-103(98-106(120-92-82-76-70-64-58-52-46-40-34-28-22-16-9-2)109(105)123-95-85-79-73-67-61-55-49-43-37-31-25-19-12-5)114-112-116-111(102-89-87-101(14-7)88-90-102)117-113(118-112)115-104-99-107(121-93-83-77-71-65-59-53-47-41-35-29-23-17-10-3)110(124-96-86-80-74-68-62-56-50-44-38-32-26-20-13-6)108(100-104)122-94-84-78-72-66-60-54-48-42-36-30-24-18-11-4/h87-90,97-100H,8-86,91-96H2,1-7H3,(H2,114,115,116,117,118). The number of anilines is 4. The molecule has 2 N–H and O–H groups in total. The lowest BCUT2D eigenvalue weighted by Gasteiger charge is -2.19. The zero-order valence-corrected chi connectivity index (χ0v) is 87.9. The predicted molar refractivity (Wildman–Crippen MR) is 573 cm³/mol. The van der Waals surface area contributed by atoms with Crippen molar-refractivity contribution in [1.29, 1.82) is 0 Å². The largest absolute Gasteiger partial charge is 0.324 e. The molecule has 0 aliphatic rings. The van der Waals surface area contributed by atoms with Crippen LogP contribution < -0.4 is 10.6 Å². The predicted octanol–water partition coefficient (Wildman–Crippen LogP) is 42.7. The van der Waals surface area contributed by atoms with E-state index < -0.39 is 0 Å². The highest BCUT2D eigenvalue weighted by Gasteiger charge is 2.20. The van der Waals surface area contributed by atoms with E-state index in [2.05, 4.69) is 178 Å². The molecule has 0 spiro atoms. The molecule has 0 fully saturated rings. The first-order valence-corrected chi connectivity index (χ1v) is 60.9. The van der Waals surface area contributed by atoms with Crippen LogP contribution in [0, 0.1) is 0 Å². The van der Waals surface area contributed by atoms with Crippen LogP contribution in [0.25, 0.3) is 11.4 Å². The van der Waals surface area contributed by atoms with Crippen LogP contribution in [0.4, 0.5) is 23.3 Å². The monoisotopic (exact) mass is 1820 g/mol. The van der Waals surface area contributed by atoms with E-state index in [1.807, 2.05) is 0 Å². The van der Waals surface area contributed by atoms with E-state index in [4.69, 9.17) is 15.0 Å². The molecular weight excluding hydrogens is 1620 g/mol. The lowest BCUT2D eigenvalue weighted by Crippen LogP contribution is -2.06. The zero-order valence-electron chi connectivity index (χ0n) is 83.0. The van der Waals surface area contributed by atoms with Crippen LogP contribution in [0.3, 0.4) is 0 Å². The second kappa shape index (κ2) is 88.0. The normalized spacial score (nSPS) is 11.7. The Morgan fingerprint density at radius 1 is 0.194 bits per heavy atom. The number of aryl methyl sites for hydroxylation is 1. The summed E-state index contributed by atoms with van der Waals surface area (Å²) >= 11 is 12.9. The summed E-state index contributed by atoms with van der Waals surface area (Å²) in [5, 5.41) is 7.95. The molecule has 4 aromatic rings. The highest BCUT2D eigenvalue weighted by atomic mass is 32.2. The van der Waals surface area contributed by atoms with Gasteiger partial charge in [0.25, 0.3) is 0 Å². The number of thioether (sulfide) groups is 6. The molecule has 0 saturated heterocycles. The number of nitrogens with zero attached hydrogens (tertiary/aromatic N) is 3. The van der Waals surface area contributed by atoms with Crippen molar-refractivity contribution >= 4 is 93.8 Å². The average molecular weight is 1820 g/mol. The maximum atomic E-state index is 5.47. The van der Waals surface area contributed by atoms with Crippen molar-refractivity contribution in [2.45, 2.75) is 585 Å². The molecule has 0 aliphatic heterocycles. The van der Waals surface area contributed by atoms with Crippen molar-refractivity contribution in [3.63, 3.8) is 0 Å². The van der Waals surface area contributed by atoms with Crippen LogP contribution in [-0.4, -0.2) is 49.5 Å². The number of hydrogen-bond acceptors (Lipinski definition) is 11. The summed E-state index contributed by atoms with van der Waals surface area (Å²) in [4.78, 5) is 25.1. The van der Waals surface area contributed by atoms with Crippen molar-refractivity contribution in [3.8, 4) is 11.4 Å². The minimum absolute atomic E-state index is 0.610. The van der Waals surface area contributed by atoms with E-state index in [0.717, 1.165) is 46.4 Å². The topological polar surface area (TPSA) is 62.7 Å². The summed E-state index contributed by atoms with van der Waals surface area (Å²) in [6, 6.07) is 19.0. The molecule has 714 valence electrons.